The maximum absolute atomic E-state index is 13.2. The summed E-state index contributed by atoms with van der Waals surface area (Å²) in [6.07, 6.45) is 1.59. The molecule has 0 bridgehead atoms. The Bertz CT molecular complexity index is 570. The molecule has 2 aromatic carbocycles. The molecule has 2 aromatic rings. The molecule has 0 spiro atoms. The van der Waals surface area contributed by atoms with E-state index in [2.05, 4.69) is 12.1 Å². The average Bonchev–Trinajstić information content (AvgIpc) is 2.41. The summed E-state index contributed by atoms with van der Waals surface area (Å²) in [4.78, 5) is 0. The van der Waals surface area contributed by atoms with Gasteiger partial charge in [-0.25, -0.2) is 4.39 Å². The quantitative estimate of drug-likeness (QED) is 0.896. The summed E-state index contributed by atoms with van der Waals surface area (Å²) in [7, 11) is 0. The normalized spacial score (nSPS) is 21.6. The van der Waals surface area contributed by atoms with E-state index in [1.807, 2.05) is 18.2 Å². The Balaban J connectivity index is 1.80. The van der Waals surface area contributed by atoms with Crippen LogP contribution in [0.15, 0.2) is 48.5 Å². The fourth-order valence-electron chi connectivity index (χ4n) is 2.56. The highest BCUT2D eigenvalue weighted by atomic mass is 19.1. The smallest absolute Gasteiger partial charge is 0.124 e. The number of hydrogen-bond donors (Lipinski definition) is 1. The van der Waals surface area contributed by atoms with Crippen LogP contribution in [0.25, 0.3) is 0 Å². The predicted molar refractivity (Wildman–Crippen MR) is 72.5 cm³/mol. The van der Waals surface area contributed by atoms with Gasteiger partial charge < -0.3 is 10.5 Å². The number of rotatable bonds is 2. The second-order valence-corrected chi connectivity index (χ2v) is 4.95. The number of hydrogen-bond acceptors (Lipinski definition) is 2. The van der Waals surface area contributed by atoms with Crippen molar-refractivity contribution in [2.24, 2.45) is 5.73 Å². The lowest BCUT2D eigenvalue weighted by Gasteiger charge is -2.30. The molecule has 1 aliphatic rings. The number of benzene rings is 2. The van der Waals surface area contributed by atoms with E-state index in [1.165, 1.54) is 17.7 Å². The van der Waals surface area contributed by atoms with E-state index in [4.69, 9.17) is 10.5 Å². The van der Waals surface area contributed by atoms with Gasteiger partial charge in [0.1, 0.15) is 17.7 Å². The lowest BCUT2D eigenvalue weighted by molar-refractivity contribution is 0.159. The Kier molecular flexibility index (Phi) is 3.22. The van der Waals surface area contributed by atoms with E-state index >= 15 is 0 Å². The Morgan fingerprint density at radius 3 is 2.74 bits per heavy atom. The Morgan fingerprint density at radius 1 is 1.16 bits per heavy atom. The molecule has 2 N–H and O–H groups in total. The number of nitrogens with two attached hydrogens (primary N) is 1. The highest BCUT2D eigenvalue weighted by molar-refractivity contribution is 5.38. The molecule has 2 atom stereocenters. The molecule has 1 aliphatic heterocycles. The molecule has 0 fully saturated rings. The molecule has 1 unspecified atom stereocenters. The highest BCUT2D eigenvalue weighted by Crippen LogP contribution is 2.34. The molecule has 1 heterocycles. The summed E-state index contributed by atoms with van der Waals surface area (Å²) in [6, 6.07) is 14.6. The molecular weight excluding hydrogens is 241 g/mol. The third kappa shape index (κ3) is 2.61. The largest absolute Gasteiger partial charge is 0.490 e. The number of ether oxygens (including phenoxy) is 1. The van der Waals surface area contributed by atoms with Gasteiger partial charge in [-0.2, -0.15) is 0 Å². The van der Waals surface area contributed by atoms with E-state index in [-0.39, 0.29) is 18.0 Å². The van der Waals surface area contributed by atoms with Crippen LogP contribution in [-0.2, 0) is 6.42 Å². The minimum Gasteiger partial charge on any atom is -0.490 e. The first-order valence-corrected chi connectivity index (χ1v) is 6.48. The van der Waals surface area contributed by atoms with Crippen molar-refractivity contribution >= 4 is 0 Å². The van der Waals surface area contributed by atoms with Gasteiger partial charge in [-0.1, -0.05) is 30.3 Å². The lowest BCUT2D eigenvalue weighted by atomic mass is 9.94. The average molecular weight is 257 g/mol. The van der Waals surface area contributed by atoms with Crippen LogP contribution in [0, 0.1) is 5.82 Å². The van der Waals surface area contributed by atoms with E-state index in [0.29, 0.717) is 12.2 Å². The first kappa shape index (κ1) is 12.2. The molecular formula is C16H16FNO. The van der Waals surface area contributed by atoms with Crippen molar-refractivity contribution in [1.82, 2.24) is 0 Å². The zero-order chi connectivity index (χ0) is 13.2. The zero-order valence-corrected chi connectivity index (χ0v) is 10.6. The van der Waals surface area contributed by atoms with Gasteiger partial charge in [0.2, 0.25) is 0 Å². The van der Waals surface area contributed by atoms with Crippen molar-refractivity contribution in [3.05, 3.63) is 65.5 Å². The van der Waals surface area contributed by atoms with Crippen LogP contribution in [-0.4, -0.2) is 6.10 Å². The van der Waals surface area contributed by atoms with Gasteiger partial charge >= 0.3 is 0 Å². The lowest BCUT2D eigenvalue weighted by Crippen LogP contribution is -2.31. The molecule has 0 amide bonds. The summed E-state index contributed by atoms with van der Waals surface area (Å²) in [6.45, 7) is 0. The van der Waals surface area contributed by atoms with Crippen molar-refractivity contribution in [3.8, 4) is 5.75 Å². The maximum Gasteiger partial charge on any atom is 0.124 e. The summed E-state index contributed by atoms with van der Waals surface area (Å²) in [5, 5.41) is 0. The summed E-state index contributed by atoms with van der Waals surface area (Å²) >= 11 is 0. The van der Waals surface area contributed by atoms with Crippen LogP contribution in [0.4, 0.5) is 4.39 Å². The van der Waals surface area contributed by atoms with Gasteiger partial charge in [0.05, 0.1) is 0 Å². The third-order valence-corrected chi connectivity index (χ3v) is 3.49. The predicted octanol–water partition coefficient (Wildman–Crippen LogP) is 3.22. The third-order valence-electron chi connectivity index (χ3n) is 3.49. The molecule has 0 aromatic heterocycles. The van der Waals surface area contributed by atoms with Gasteiger partial charge in [0.15, 0.2) is 0 Å². The fourth-order valence-corrected chi connectivity index (χ4v) is 2.56. The second-order valence-electron chi connectivity index (χ2n) is 4.95. The zero-order valence-electron chi connectivity index (χ0n) is 10.6. The molecule has 98 valence electrons. The molecule has 19 heavy (non-hydrogen) atoms. The van der Waals surface area contributed by atoms with Crippen LogP contribution >= 0.6 is 0 Å². The van der Waals surface area contributed by atoms with E-state index in [9.17, 15) is 4.39 Å². The first-order chi connectivity index (χ1) is 9.22. The maximum atomic E-state index is 13.2. The van der Waals surface area contributed by atoms with Gasteiger partial charge in [-0.05, 0) is 23.8 Å². The summed E-state index contributed by atoms with van der Waals surface area (Å²) in [5.41, 5.74) is 8.11. The topological polar surface area (TPSA) is 35.2 Å². The molecule has 2 nitrogen and oxygen atoms in total. The molecule has 0 radical (unpaired) electrons. The minimum absolute atomic E-state index is 0.0513. The van der Waals surface area contributed by atoms with Crippen molar-refractivity contribution in [1.29, 1.82) is 0 Å². The summed E-state index contributed by atoms with van der Waals surface area (Å²) in [5.74, 6) is 0.445. The van der Waals surface area contributed by atoms with Crippen molar-refractivity contribution in [3.63, 3.8) is 0 Å². The Morgan fingerprint density at radius 2 is 1.95 bits per heavy atom. The van der Waals surface area contributed by atoms with Gasteiger partial charge in [-0.15, -0.1) is 0 Å². The van der Waals surface area contributed by atoms with Gasteiger partial charge in [0, 0.05) is 24.4 Å². The minimum atomic E-state index is -0.265. The molecule has 0 aliphatic carbocycles. The van der Waals surface area contributed by atoms with Crippen molar-refractivity contribution < 1.29 is 9.13 Å². The number of halogens is 1. The van der Waals surface area contributed by atoms with Crippen LogP contribution in [0.1, 0.15) is 23.6 Å². The van der Waals surface area contributed by atoms with Gasteiger partial charge in [-0.3, -0.25) is 0 Å². The van der Waals surface area contributed by atoms with E-state index < -0.39 is 0 Å². The Labute approximate surface area is 112 Å². The highest BCUT2D eigenvalue weighted by Gasteiger charge is 2.26. The molecule has 0 saturated carbocycles. The summed E-state index contributed by atoms with van der Waals surface area (Å²) < 4.78 is 19.1. The van der Waals surface area contributed by atoms with Crippen LogP contribution in [0.2, 0.25) is 0 Å². The monoisotopic (exact) mass is 257 g/mol. The second kappa shape index (κ2) is 5.02. The number of fused-ring (bicyclic) bond motifs is 1. The van der Waals surface area contributed by atoms with Crippen LogP contribution < -0.4 is 10.5 Å². The van der Waals surface area contributed by atoms with E-state index in [1.54, 1.807) is 6.07 Å². The SMILES string of the molecule is N[C@H]1CC(Cc2ccccc2)Oc2ccc(F)cc21. The van der Waals surface area contributed by atoms with E-state index in [0.717, 1.165) is 12.0 Å². The molecule has 0 saturated heterocycles. The fraction of sp³-hybridized carbons (Fsp3) is 0.250. The Hall–Kier alpha value is -1.87. The van der Waals surface area contributed by atoms with Crippen LogP contribution in [0.3, 0.4) is 0 Å². The van der Waals surface area contributed by atoms with Crippen molar-refractivity contribution in [2.75, 3.05) is 0 Å². The molecule has 3 heteroatoms. The first-order valence-electron chi connectivity index (χ1n) is 6.48. The molecule has 3 rings (SSSR count). The van der Waals surface area contributed by atoms with Crippen molar-refractivity contribution in [2.45, 2.75) is 25.0 Å². The van der Waals surface area contributed by atoms with Gasteiger partial charge in [0.25, 0.3) is 0 Å². The van der Waals surface area contributed by atoms with Crippen LogP contribution in [0.5, 0.6) is 5.75 Å². The standard InChI is InChI=1S/C16H16FNO/c17-12-6-7-16-14(9-12)15(18)10-13(19-16)8-11-4-2-1-3-5-11/h1-7,9,13,15H,8,10,18H2/t13?,15-/m0/s1.